The second-order valence-electron chi connectivity index (χ2n) is 22.4. The Morgan fingerprint density at radius 2 is 0.797 bits per heavy atom. The summed E-state index contributed by atoms with van der Waals surface area (Å²) < 4.78 is 2.48. The maximum absolute atomic E-state index is 2.58. The molecule has 64 heavy (non-hydrogen) atoms. The highest BCUT2D eigenvalue weighted by atomic mass is 15.1. The van der Waals surface area contributed by atoms with E-state index < -0.39 is 0 Å². The molecule has 2 heteroatoms. The Bertz CT molecular complexity index is 3320. The van der Waals surface area contributed by atoms with Gasteiger partial charge in [0.1, 0.15) is 0 Å². The molecule has 2 nitrogen and oxygen atoms in total. The van der Waals surface area contributed by atoms with Gasteiger partial charge in [0, 0.05) is 32.9 Å². The maximum Gasteiger partial charge on any atom is 0.0541 e. The van der Waals surface area contributed by atoms with Gasteiger partial charge in [-0.05, 0) is 125 Å². The molecule has 0 unspecified atom stereocenters. The van der Waals surface area contributed by atoms with Crippen LogP contribution in [0.2, 0.25) is 0 Å². The first-order valence-electron chi connectivity index (χ1n) is 23.2. The Morgan fingerprint density at radius 3 is 1.34 bits per heavy atom. The first-order chi connectivity index (χ1) is 30.3. The van der Waals surface area contributed by atoms with Gasteiger partial charge in [0.2, 0.25) is 0 Å². The summed E-state index contributed by atoms with van der Waals surface area (Å²) in [6.45, 7) is 27.9. The number of anilines is 3. The van der Waals surface area contributed by atoms with Gasteiger partial charge < -0.3 is 9.47 Å². The van der Waals surface area contributed by atoms with Crippen molar-refractivity contribution in [3.05, 3.63) is 180 Å². The smallest absolute Gasteiger partial charge is 0.0541 e. The number of para-hydroxylation sites is 2. The van der Waals surface area contributed by atoms with Crippen LogP contribution in [0, 0.1) is 0 Å². The highest BCUT2D eigenvalue weighted by molar-refractivity contribution is 6.27. The van der Waals surface area contributed by atoms with E-state index in [-0.39, 0.29) is 21.7 Å². The summed E-state index contributed by atoms with van der Waals surface area (Å²) in [5.41, 5.74) is 14.8. The normalized spacial score (nSPS) is 13.0. The summed E-state index contributed by atoms with van der Waals surface area (Å²) in [7, 11) is 0. The van der Waals surface area contributed by atoms with E-state index in [1.165, 1.54) is 105 Å². The zero-order valence-electron chi connectivity index (χ0n) is 39.9. The molecule has 0 saturated carbocycles. The van der Waals surface area contributed by atoms with Crippen molar-refractivity contribution in [2.75, 3.05) is 4.90 Å². The molecule has 0 saturated heterocycles. The minimum Gasteiger partial charge on any atom is -0.310 e. The van der Waals surface area contributed by atoms with Gasteiger partial charge in [-0.2, -0.15) is 0 Å². The van der Waals surface area contributed by atoms with E-state index in [1.807, 2.05) is 0 Å². The molecular weight excluding hydrogens is 773 g/mol. The van der Waals surface area contributed by atoms with Crippen LogP contribution in [-0.2, 0) is 21.7 Å². The monoisotopic (exact) mass is 834 g/mol. The minimum absolute atomic E-state index is 0.0548. The first kappa shape index (κ1) is 41.6. The molecule has 1 aromatic heterocycles. The SMILES string of the molecule is CC(C)(C)c1ccc(-c2cc(N(c3cc(C(C)(C)C)cc(C(C)(C)C)c3)c3ccc4ccc5c(-n6c7ccccc7c7ccccc76)ccc6ccc3c4c65)cc(C(C)(C)C)c2)cc1. The third-order valence-corrected chi connectivity index (χ3v) is 13.7. The average molecular weight is 835 g/mol. The number of aromatic nitrogens is 1. The number of benzene rings is 9. The van der Waals surface area contributed by atoms with Crippen LogP contribution in [0.5, 0.6) is 0 Å². The highest BCUT2D eigenvalue weighted by Crippen LogP contribution is 2.48. The Balaban J connectivity index is 1.28. The zero-order chi connectivity index (χ0) is 45.1. The molecule has 10 rings (SSSR count). The summed E-state index contributed by atoms with van der Waals surface area (Å²) in [5.74, 6) is 0. The van der Waals surface area contributed by atoms with Crippen molar-refractivity contribution >= 4 is 71.2 Å². The molecule has 0 aliphatic heterocycles. The Kier molecular flexibility index (Phi) is 9.48. The van der Waals surface area contributed by atoms with Crippen LogP contribution in [0.15, 0.2) is 158 Å². The molecule has 0 N–H and O–H groups in total. The van der Waals surface area contributed by atoms with Gasteiger partial charge in [-0.25, -0.2) is 0 Å². The van der Waals surface area contributed by atoms with Gasteiger partial charge >= 0.3 is 0 Å². The molecule has 0 aliphatic rings. The second-order valence-corrected chi connectivity index (χ2v) is 22.4. The predicted octanol–water partition coefficient (Wildman–Crippen LogP) is 18.0. The fourth-order valence-electron chi connectivity index (χ4n) is 9.88. The Hall–Kier alpha value is -6.38. The van der Waals surface area contributed by atoms with Crippen LogP contribution < -0.4 is 4.90 Å². The van der Waals surface area contributed by atoms with E-state index in [9.17, 15) is 0 Å². The van der Waals surface area contributed by atoms with Crippen molar-refractivity contribution in [2.45, 2.75) is 105 Å². The lowest BCUT2D eigenvalue weighted by molar-refractivity contribution is 0.569. The largest absolute Gasteiger partial charge is 0.310 e. The molecule has 1 heterocycles. The molecule has 0 fully saturated rings. The Morgan fingerprint density at radius 1 is 0.344 bits per heavy atom. The fraction of sp³-hybridized carbons (Fsp3) is 0.258. The third-order valence-electron chi connectivity index (χ3n) is 13.7. The van der Waals surface area contributed by atoms with Crippen molar-refractivity contribution in [1.82, 2.24) is 4.57 Å². The molecule has 0 atom stereocenters. The predicted molar refractivity (Wildman–Crippen MR) is 279 cm³/mol. The number of hydrogen-bond acceptors (Lipinski definition) is 1. The average Bonchev–Trinajstić information content (AvgIpc) is 3.59. The number of fused-ring (bicyclic) bond motifs is 3. The maximum atomic E-state index is 2.58. The van der Waals surface area contributed by atoms with Gasteiger partial charge in [0.05, 0.1) is 22.4 Å². The third kappa shape index (κ3) is 7.03. The summed E-state index contributed by atoms with van der Waals surface area (Å²) in [5, 5.41) is 10.1. The summed E-state index contributed by atoms with van der Waals surface area (Å²) >= 11 is 0. The van der Waals surface area contributed by atoms with Gasteiger partial charge in [-0.15, -0.1) is 0 Å². The van der Waals surface area contributed by atoms with Crippen molar-refractivity contribution in [1.29, 1.82) is 0 Å². The van der Waals surface area contributed by atoms with E-state index in [4.69, 9.17) is 0 Å². The van der Waals surface area contributed by atoms with Crippen molar-refractivity contribution in [2.24, 2.45) is 0 Å². The molecular formula is C62H62N2. The van der Waals surface area contributed by atoms with E-state index in [0.29, 0.717) is 0 Å². The van der Waals surface area contributed by atoms with Gasteiger partial charge in [-0.1, -0.05) is 192 Å². The van der Waals surface area contributed by atoms with Crippen molar-refractivity contribution in [3.63, 3.8) is 0 Å². The van der Waals surface area contributed by atoms with Gasteiger partial charge in [0.25, 0.3) is 0 Å². The lowest BCUT2D eigenvalue weighted by atomic mass is 9.80. The van der Waals surface area contributed by atoms with E-state index in [1.54, 1.807) is 0 Å². The molecule has 320 valence electrons. The Labute approximate surface area is 380 Å². The topological polar surface area (TPSA) is 8.17 Å². The van der Waals surface area contributed by atoms with Crippen LogP contribution in [0.4, 0.5) is 17.1 Å². The van der Waals surface area contributed by atoms with Crippen molar-refractivity contribution < 1.29 is 0 Å². The number of hydrogen-bond donors (Lipinski definition) is 0. The zero-order valence-corrected chi connectivity index (χ0v) is 39.9. The first-order valence-corrected chi connectivity index (χ1v) is 23.2. The second kappa shape index (κ2) is 14.6. The van der Waals surface area contributed by atoms with Gasteiger partial charge in [0.15, 0.2) is 0 Å². The molecule has 0 bridgehead atoms. The van der Waals surface area contributed by atoms with Crippen LogP contribution >= 0.6 is 0 Å². The molecule has 9 aromatic carbocycles. The van der Waals surface area contributed by atoms with Gasteiger partial charge in [-0.3, -0.25) is 0 Å². The molecule has 0 spiro atoms. The van der Waals surface area contributed by atoms with Crippen molar-refractivity contribution in [3.8, 4) is 16.8 Å². The highest BCUT2D eigenvalue weighted by Gasteiger charge is 2.27. The van der Waals surface area contributed by atoms with Crippen LogP contribution in [0.25, 0.3) is 70.9 Å². The summed E-state index contributed by atoms with van der Waals surface area (Å²) in [6.07, 6.45) is 0. The fourth-order valence-corrected chi connectivity index (χ4v) is 9.88. The van der Waals surface area contributed by atoms with E-state index >= 15 is 0 Å². The van der Waals surface area contributed by atoms with Crippen LogP contribution in [0.3, 0.4) is 0 Å². The minimum atomic E-state index is -0.0858. The molecule has 0 aliphatic carbocycles. The molecule has 0 radical (unpaired) electrons. The summed E-state index contributed by atoms with van der Waals surface area (Å²) in [4.78, 5) is 2.58. The molecule has 10 aromatic rings. The quantitative estimate of drug-likeness (QED) is 0.157. The number of nitrogens with zero attached hydrogens (tertiary/aromatic N) is 2. The van der Waals surface area contributed by atoms with E-state index in [2.05, 4.69) is 250 Å². The molecule has 0 amide bonds. The van der Waals surface area contributed by atoms with Crippen LogP contribution in [0.1, 0.15) is 105 Å². The lowest BCUT2D eigenvalue weighted by Crippen LogP contribution is -2.20. The summed E-state index contributed by atoms with van der Waals surface area (Å²) in [6, 6.07) is 60.4. The van der Waals surface area contributed by atoms with Crippen LogP contribution in [-0.4, -0.2) is 4.57 Å². The standard InChI is InChI=1S/C62H62N2/c1-59(2,3)43-27-21-39(22-28-43)42-33-44(60(4,5)6)36-47(34-42)63(48-37-45(61(7,8)9)35-46(38-48)62(10,11)12)55-31-25-40-24-30-52-56(32-26-41-23-29-51(55)57(40)58(41)52)64-53-19-15-13-17-49(53)50-18-14-16-20-54(50)64/h13-38H,1-12H3. The lowest BCUT2D eigenvalue weighted by Gasteiger charge is -2.33. The number of rotatable bonds is 5. The van der Waals surface area contributed by atoms with E-state index in [0.717, 1.165) is 5.69 Å².